The van der Waals surface area contributed by atoms with Gasteiger partial charge in [0, 0.05) is 29.9 Å². The Morgan fingerprint density at radius 1 is 1.12 bits per heavy atom. The molecular weight excluding hydrogens is 513 g/mol. The maximum absolute atomic E-state index is 14.7. The van der Waals surface area contributed by atoms with E-state index in [0.717, 1.165) is 25.7 Å². The Morgan fingerprint density at radius 3 is 2.70 bits per heavy atom. The predicted octanol–water partition coefficient (Wildman–Crippen LogP) is 3.82. The number of rotatable bonds is 7. The molecule has 1 aliphatic carbocycles. The number of nitrogens with one attached hydrogen (secondary N) is 2. The van der Waals surface area contributed by atoms with Crippen LogP contribution in [0.3, 0.4) is 0 Å². The quantitative estimate of drug-likeness (QED) is 0.514. The molecule has 1 saturated carbocycles. The monoisotopic (exact) mass is 547 g/mol. The Kier molecular flexibility index (Phi) is 6.86. The first kappa shape index (κ1) is 26.5. The highest BCUT2D eigenvalue weighted by molar-refractivity contribution is 6.02. The predicted molar refractivity (Wildman–Crippen MR) is 146 cm³/mol. The van der Waals surface area contributed by atoms with Crippen molar-refractivity contribution in [1.29, 1.82) is 0 Å². The van der Waals surface area contributed by atoms with E-state index in [9.17, 15) is 18.8 Å². The fraction of sp³-hybridized carbons (Fsp3) is 0.452. The van der Waals surface area contributed by atoms with Crippen molar-refractivity contribution < 1.29 is 28.2 Å². The Labute approximate surface area is 232 Å². The zero-order valence-electron chi connectivity index (χ0n) is 22.6. The van der Waals surface area contributed by atoms with Gasteiger partial charge in [-0.05, 0) is 37.0 Å². The molecule has 3 heterocycles. The van der Waals surface area contributed by atoms with Gasteiger partial charge in [0.25, 0.3) is 0 Å². The maximum Gasteiger partial charge on any atom is 0.246 e. The number of likely N-dealkylation sites (tertiary alicyclic amines) is 1. The van der Waals surface area contributed by atoms with Gasteiger partial charge in [-0.1, -0.05) is 56.2 Å². The number of carbonyl (C=O) groups excluding carboxylic acids is 3. The van der Waals surface area contributed by atoms with Crippen molar-refractivity contribution in [1.82, 2.24) is 10.2 Å². The average Bonchev–Trinajstić information content (AvgIpc) is 3.59. The fourth-order valence-corrected chi connectivity index (χ4v) is 6.97. The van der Waals surface area contributed by atoms with Crippen LogP contribution < -0.4 is 15.4 Å². The number of ether oxygens (including phenoxy) is 2. The zero-order chi connectivity index (χ0) is 28.0. The largest absolute Gasteiger partial charge is 0.497 e. The van der Waals surface area contributed by atoms with Gasteiger partial charge in [0.1, 0.15) is 23.2 Å². The molecule has 2 saturated heterocycles. The van der Waals surface area contributed by atoms with Gasteiger partial charge in [-0.2, -0.15) is 0 Å². The maximum atomic E-state index is 14.7. The number of nitrogens with zero attached hydrogens (tertiary/aromatic N) is 1. The molecule has 8 nitrogen and oxygen atoms in total. The first-order chi connectivity index (χ1) is 19.3. The van der Waals surface area contributed by atoms with Gasteiger partial charge < -0.3 is 25.0 Å². The Balaban J connectivity index is 1.33. The van der Waals surface area contributed by atoms with Gasteiger partial charge in [-0.25, -0.2) is 4.39 Å². The highest BCUT2D eigenvalue weighted by atomic mass is 19.1. The first-order valence-electron chi connectivity index (χ1n) is 14.0. The first-order valence-corrected chi connectivity index (χ1v) is 14.0. The number of amides is 3. The lowest BCUT2D eigenvalue weighted by molar-refractivity contribution is -0.142. The number of fused-ring (bicyclic) bond motifs is 1. The normalized spacial score (nSPS) is 32.2. The lowest BCUT2D eigenvalue weighted by Crippen LogP contribution is -2.57. The molecule has 40 heavy (non-hydrogen) atoms. The van der Waals surface area contributed by atoms with Crippen LogP contribution in [0.1, 0.15) is 38.2 Å². The molecule has 4 aliphatic rings. The molecule has 2 bridgehead atoms. The number of hydrogen-bond donors (Lipinski definition) is 2. The second-order valence-electron chi connectivity index (χ2n) is 11.4. The third kappa shape index (κ3) is 4.36. The summed E-state index contributed by atoms with van der Waals surface area (Å²) in [5.41, 5.74) is -0.489. The Hall–Kier alpha value is -3.72. The molecule has 210 valence electrons. The van der Waals surface area contributed by atoms with Crippen molar-refractivity contribution in [2.75, 3.05) is 12.4 Å². The number of benzene rings is 2. The molecule has 3 fully saturated rings. The highest BCUT2D eigenvalue weighted by Gasteiger charge is 2.72. The third-order valence-corrected chi connectivity index (χ3v) is 9.00. The average molecular weight is 548 g/mol. The van der Waals surface area contributed by atoms with Gasteiger partial charge in [0.05, 0.1) is 25.0 Å². The second kappa shape index (κ2) is 10.4. The van der Waals surface area contributed by atoms with Gasteiger partial charge in [-0.15, -0.1) is 0 Å². The molecular formula is C31H34FN3O5. The van der Waals surface area contributed by atoms with Crippen molar-refractivity contribution in [3.05, 3.63) is 72.1 Å². The lowest BCUT2D eigenvalue weighted by atomic mass is 9.74. The van der Waals surface area contributed by atoms with E-state index in [0.29, 0.717) is 22.9 Å². The van der Waals surface area contributed by atoms with Crippen molar-refractivity contribution in [3.63, 3.8) is 0 Å². The van der Waals surface area contributed by atoms with Gasteiger partial charge in [-0.3, -0.25) is 14.4 Å². The molecule has 0 aromatic heterocycles. The van der Waals surface area contributed by atoms with E-state index in [4.69, 9.17) is 9.47 Å². The molecule has 0 radical (unpaired) electrons. The smallest absolute Gasteiger partial charge is 0.246 e. The van der Waals surface area contributed by atoms with E-state index in [1.165, 1.54) is 11.0 Å². The van der Waals surface area contributed by atoms with Crippen LogP contribution in [0.25, 0.3) is 0 Å². The van der Waals surface area contributed by atoms with Gasteiger partial charge in [0.15, 0.2) is 0 Å². The summed E-state index contributed by atoms with van der Waals surface area (Å²) >= 11 is 0. The van der Waals surface area contributed by atoms with Crippen molar-refractivity contribution in [2.45, 2.75) is 62.9 Å². The van der Waals surface area contributed by atoms with E-state index in [1.54, 1.807) is 61.7 Å². The van der Waals surface area contributed by atoms with Crippen LogP contribution in [0, 0.1) is 23.6 Å². The number of hydrogen-bond acceptors (Lipinski definition) is 5. The summed E-state index contributed by atoms with van der Waals surface area (Å²) in [6.45, 7) is 2.02. The van der Waals surface area contributed by atoms with Crippen molar-refractivity contribution >= 4 is 23.4 Å². The standard InChI is InChI=1S/C31H34FN3O5/c1-18-8-3-6-13-23(18)34-29(37)27-31-15-14-24(40-31)25(28(36)33-20-10-7-11-21(16-20)39-2)26(31)30(38)35(27)17-19-9-4-5-12-22(19)32/h4-5,7,9-12,14-16,18,23-27H,3,6,8,13,17H2,1-2H3,(H,33,36)(H,34,37)/t18?,23?,24-,25?,26-,27?,31?/m1/s1. The van der Waals surface area contributed by atoms with Crippen molar-refractivity contribution in [2.24, 2.45) is 17.8 Å². The number of carbonyl (C=O) groups is 3. The summed E-state index contributed by atoms with van der Waals surface area (Å²) in [5, 5.41) is 6.09. The molecule has 5 unspecified atom stereocenters. The summed E-state index contributed by atoms with van der Waals surface area (Å²) in [6, 6.07) is 12.1. The summed E-state index contributed by atoms with van der Waals surface area (Å²) in [5.74, 6) is -2.44. The summed E-state index contributed by atoms with van der Waals surface area (Å²) in [6.07, 6.45) is 6.92. The fourth-order valence-electron chi connectivity index (χ4n) is 6.97. The summed E-state index contributed by atoms with van der Waals surface area (Å²) in [7, 11) is 1.54. The van der Waals surface area contributed by atoms with Gasteiger partial charge >= 0.3 is 0 Å². The molecule has 7 atom stereocenters. The van der Waals surface area contributed by atoms with Crippen LogP contribution in [-0.2, 0) is 25.7 Å². The van der Waals surface area contributed by atoms with Crippen molar-refractivity contribution in [3.8, 4) is 5.75 Å². The number of anilines is 1. The molecule has 3 amide bonds. The van der Waals surface area contributed by atoms with E-state index < -0.39 is 41.3 Å². The molecule has 3 aliphatic heterocycles. The number of halogens is 1. The van der Waals surface area contributed by atoms with Crippen LogP contribution in [0.15, 0.2) is 60.7 Å². The van der Waals surface area contributed by atoms with E-state index in [2.05, 4.69) is 17.6 Å². The lowest BCUT2D eigenvalue weighted by Gasteiger charge is -2.36. The van der Waals surface area contributed by atoms with Crippen LogP contribution in [0.4, 0.5) is 10.1 Å². The van der Waals surface area contributed by atoms with E-state index in [1.807, 2.05) is 0 Å². The molecule has 9 heteroatoms. The minimum absolute atomic E-state index is 0.0168. The zero-order valence-corrected chi connectivity index (χ0v) is 22.6. The molecule has 6 rings (SSSR count). The Morgan fingerprint density at radius 2 is 1.93 bits per heavy atom. The molecule has 2 aromatic carbocycles. The van der Waals surface area contributed by atoms with E-state index in [-0.39, 0.29) is 24.4 Å². The molecule has 2 aromatic rings. The highest BCUT2D eigenvalue weighted by Crippen LogP contribution is 2.55. The Bertz CT molecular complexity index is 1360. The van der Waals surface area contributed by atoms with E-state index >= 15 is 0 Å². The van der Waals surface area contributed by atoms with Crippen LogP contribution in [0.2, 0.25) is 0 Å². The topological polar surface area (TPSA) is 97.0 Å². The minimum atomic E-state index is -1.31. The van der Waals surface area contributed by atoms with Gasteiger partial charge in [0.2, 0.25) is 17.7 Å². The second-order valence-corrected chi connectivity index (χ2v) is 11.4. The summed E-state index contributed by atoms with van der Waals surface area (Å²) in [4.78, 5) is 43.2. The van der Waals surface area contributed by atoms with Crippen LogP contribution in [-0.4, -0.2) is 53.5 Å². The molecule has 1 spiro atoms. The number of methoxy groups -OCH3 is 1. The van der Waals surface area contributed by atoms with Crippen LogP contribution >= 0.6 is 0 Å². The third-order valence-electron chi connectivity index (χ3n) is 9.00. The minimum Gasteiger partial charge on any atom is -0.497 e. The SMILES string of the molecule is COc1cccc(NC(=O)C2[C@H]3C=CC4(O3)C(C(=O)NC3CCCCC3C)N(Cc3ccccc3F)C(=O)[C@@H]24)c1. The summed E-state index contributed by atoms with van der Waals surface area (Å²) < 4.78 is 26.4. The van der Waals surface area contributed by atoms with Crippen LogP contribution in [0.5, 0.6) is 5.75 Å². The molecule has 2 N–H and O–H groups in total.